The molecule has 0 spiro atoms. The van der Waals surface area contributed by atoms with E-state index in [-0.39, 0.29) is 0 Å². The number of nitrogens with zero attached hydrogens (tertiary/aromatic N) is 1. The third kappa shape index (κ3) is 8.88. The third-order valence-electron chi connectivity index (χ3n) is 4.07. The predicted octanol–water partition coefficient (Wildman–Crippen LogP) is 3.41. The van der Waals surface area contributed by atoms with E-state index in [1.807, 2.05) is 12.1 Å². The Morgan fingerprint density at radius 1 is 1.24 bits per heavy atom. The van der Waals surface area contributed by atoms with E-state index in [1.165, 1.54) is 38.0 Å². The van der Waals surface area contributed by atoms with Crippen LogP contribution in [0.5, 0.6) is 5.75 Å². The first kappa shape index (κ1) is 21.4. The molecular weight excluding hydrogens is 390 g/mol. The van der Waals surface area contributed by atoms with Crippen molar-refractivity contribution in [3.63, 3.8) is 0 Å². The zero-order valence-corrected chi connectivity index (χ0v) is 16.3. The highest BCUT2D eigenvalue weighted by atomic mass is 79.9. The van der Waals surface area contributed by atoms with Crippen molar-refractivity contribution in [3.8, 4) is 5.75 Å². The number of hydrogen-bond donors (Lipinski definition) is 2. The summed E-state index contributed by atoms with van der Waals surface area (Å²) in [7, 11) is 0. The lowest BCUT2D eigenvalue weighted by Gasteiger charge is -2.30. The van der Waals surface area contributed by atoms with Crippen LogP contribution >= 0.6 is 15.9 Å². The summed E-state index contributed by atoms with van der Waals surface area (Å²) in [6, 6.07) is 6.18. The molecule has 0 radical (unpaired) electrons. The molecule has 1 aliphatic heterocycles. The molecule has 6 nitrogen and oxygen atoms in total. The Morgan fingerprint density at radius 2 is 1.84 bits per heavy atom. The molecule has 1 saturated heterocycles. The summed E-state index contributed by atoms with van der Waals surface area (Å²) in [6.07, 6.45) is 3.82. The largest absolute Gasteiger partial charge is 0.493 e. The van der Waals surface area contributed by atoms with E-state index in [0.717, 1.165) is 29.2 Å². The Balaban J connectivity index is 0.000000450. The second-order valence-corrected chi connectivity index (χ2v) is 7.16. The van der Waals surface area contributed by atoms with Gasteiger partial charge < -0.3 is 19.8 Å². The summed E-state index contributed by atoms with van der Waals surface area (Å²) in [5, 5.41) is 14.8. The van der Waals surface area contributed by atoms with Crippen molar-refractivity contribution in [2.75, 3.05) is 26.2 Å². The fourth-order valence-corrected chi connectivity index (χ4v) is 3.01. The van der Waals surface area contributed by atoms with Crippen LogP contribution in [0.3, 0.4) is 0 Å². The summed E-state index contributed by atoms with van der Waals surface area (Å²) in [4.78, 5) is 20.8. The minimum Gasteiger partial charge on any atom is -0.493 e. The van der Waals surface area contributed by atoms with E-state index in [9.17, 15) is 0 Å². The van der Waals surface area contributed by atoms with Crippen LogP contribution in [-0.4, -0.2) is 53.3 Å². The molecule has 7 heteroatoms. The molecule has 2 N–H and O–H groups in total. The lowest BCUT2D eigenvalue weighted by molar-refractivity contribution is -0.159. The highest BCUT2D eigenvalue weighted by Gasteiger charge is 2.14. The molecule has 25 heavy (non-hydrogen) atoms. The zero-order chi connectivity index (χ0) is 18.8. The number of ether oxygens (including phenoxy) is 1. The first-order chi connectivity index (χ1) is 11.8. The van der Waals surface area contributed by atoms with Gasteiger partial charge in [0.15, 0.2) is 0 Å². The SMILES string of the molecule is Cc1cc(Br)ccc1OCCCN1CCC(C)CC1.O=C(O)C(=O)O. The summed E-state index contributed by atoms with van der Waals surface area (Å²) >= 11 is 3.47. The lowest BCUT2D eigenvalue weighted by atomic mass is 9.99. The monoisotopic (exact) mass is 415 g/mol. The summed E-state index contributed by atoms with van der Waals surface area (Å²) in [5.41, 5.74) is 1.20. The Bertz CT molecular complexity index is 559. The minimum absolute atomic E-state index is 0.814. The number of hydrogen-bond acceptors (Lipinski definition) is 4. The zero-order valence-electron chi connectivity index (χ0n) is 14.7. The number of aliphatic carboxylic acids is 2. The molecule has 1 aromatic carbocycles. The summed E-state index contributed by atoms with van der Waals surface area (Å²) in [5.74, 6) is -1.72. The highest BCUT2D eigenvalue weighted by Crippen LogP contribution is 2.22. The number of rotatable bonds is 5. The van der Waals surface area contributed by atoms with E-state index in [1.54, 1.807) is 0 Å². The number of carboxylic acid groups (broad SMARTS) is 2. The minimum atomic E-state index is -1.82. The van der Waals surface area contributed by atoms with Gasteiger partial charge in [-0.05, 0) is 69.0 Å². The number of piperidine rings is 1. The molecule has 0 atom stereocenters. The van der Waals surface area contributed by atoms with Crippen molar-refractivity contribution in [2.24, 2.45) is 5.92 Å². The van der Waals surface area contributed by atoms with E-state index in [0.29, 0.717) is 0 Å². The van der Waals surface area contributed by atoms with Crippen LogP contribution in [0, 0.1) is 12.8 Å². The van der Waals surface area contributed by atoms with Crippen molar-refractivity contribution in [3.05, 3.63) is 28.2 Å². The van der Waals surface area contributed by atoms with Crippen LogP contribution in [0.4, 0.5) is 0 Å². The van der Waals surface area contributed by atoms with E-state index >= 15 is 0 Å². The maximum atomic E-state index is 9.10. The first-order valence-electron chi connectivity index (χ1n) is 8.37. The van der Waals surface area contributed by atoms with Gasteiger partial charge in [-0.2, -0.15) is 0 Å². The molecule has 0 aromatic heterocycles. The Kier molecular flexibility index (Phi) is 9.52. The highest BCUT2D eigenvalue weighted by molar-refractivity contribution is 9.10. The van der Waals surface area contributed by atoms with Gasteiger partial charge in [0, 0.05) is 11.0 Å². The Labute approximate surface area is 156 Å². The van der Waals surface area contributed by atoms with Crippen molar-refractivity contribution < 1.29 is 24.5 Å². The molecule has 0 unspecified atom stereocenters. The summed E-state index contributed by atoms with van der Waals surface area (Å²) < 4.78 is 6.97. The Hall–Kier alpha value is -1.60. The van der Waals surface area contributed by atoms with Gasteiger partial charge in [0.2, 0.25) is 0 Å². The van der Waals surface area contributed by atoms with Gasteiger partial charge in [-0.15, -0.1) is 0 Å². The average Bonchev–Trinajstić information content (AvgIpc) is 2.55. The van der Waals surface area contributed by atoms with Crippen molar-refractivity contribution >= 4 is 27.9 Å². The number of benzene rings is 1. The van der Waals surface area contributed by atoms with Gasteiger partial charge in [-0.25, -0.2) is 9.59 Å². The fraction of sp³-hybridized carbons (Fsp3) is 0.556. The molecule has 0 saturated carbocycles. The summed E-state index contributed by atoms with van der Waals surface area (Å²) in [6.45, 7) is 8.96. The van der Waals surface area contributed by atoms with Crippen LogP contribution in [0.1, 0.15) is 31.7 Å². The first-order valence-corrected chi connectivity index (χ1v) is 9.16. The van der Waals surface area contributed by atoms with Gasteiger partial charge in [-0.1, -0.05) is 22.9 Å². The molecule has 0 bridgehead atoms. The van der Waals surface area contributed by atoms with Gasteiger partial charge in [0.25, 0.3) is 0 Å². The maximum Gasteiger partial charge on any atom is 0.414 e. The molecule has 0 amide bonds. The maximum absolute atomic E-state index is 9.10. The molecule has 1 heterocycles. The number of carboxylic acids is 2. The van der Waals surface area contributed by atoms with Crippen LogP contribution in [0.2, 0.25) is 0 Å². The second-order valence-electron chi connectivity index (χ2n) is 6.25. The van der Waals surface area contributed by atoms with Gasteiger partial charge in [0.1, 0.15) is 5.75 Å². The number of aryl methyl sites for hydroxylation is 1. The van der Waals surface area contributed by atoms with E-state index < -0.39 is 11.9 Å². The van der Waals surface area contributed by atoms with Gasteiger partial charge in [0.05, 0.1) is 6.61 Å². The van der Waals surface area contributed by atoms with E-state index in [2.05, 4.69) is 40.7 Å². The van der Waals surface area contributed by atoms with Crippen LogP contribution in [0.15, 0.2) is 22.7 Å². The van der Waals surface area contributed by atoms with E-state index in [4.69, 9.17) is 24.5 Å². The third-order valence-corrected chi connectivity index (χ3v) is 4.57. The molecule has 1 aromatic rings. The molecule has 1 fully saturated rings. The molecule has 2 rings (SSSR count). The standard InChI is InChI=1S/C16H24BrNO.C2H2O4/c1-13-6-9-18(10-7-13)8-3-11-19-16-5-4-15(17)12-14(16)2;3-1(4)2(5)6/h4-5,12-13H,3,6-11H2,1-2H3;(H,3,4)(H,5,6). The molecular formula is C18H26BrNO5. The average molecular weight is 416 g/mol. The number of carbonyl (C=O) groups is 2. The quantitative estimate of drug-likeness (QED) is 0.565. The van der Waals surface area contributed by atoms with Gasteiger partial charge in [-0.3, -0.25) is 0 Å². The normalized spacial score (nSPS) is 15.2. The predicted molar refractivity (Wildman–Crippen MR) is 99.1 cm³/mol. The van der Waals surface area contributed by atoms with Crippen molar-refractivity contribution in [2.45, 2.75) is 33.1 Å². The van der Waals surface area contributed by atoms with Crippen LogP contribution in [-0.2, 0) is 9.59 Å². The number of likely N-dealkylation sites (tertiary alicyclic amines) is 1. The van der Waals surface area contributed by atoms with Gasteiger partial charge >= 0.3 is 11.9 Å². The topological polar surface area (TPSA) is 87.1 Å². The van der Waals surface area contributed by atoms with Crippen molar-refractivity contribution in [1.29, 1.82) is 0 Å². The van der Waals surface area contributed by atoms with Crippen molar-refractivity contribution in [1.82, 2.24) is 4.90 Å². The van der Waals surface area contributed by atoms with Crippen LogP contribution in [0.25, 0.3) is 0 Å². The Morgan fingerprint density at radius 3 is 2.36 bits per heavy atom. The smallest absolute Gasteiger partial charge is 0.414 e. The fourth-order valence-electron chi connectivity index (χ4n) is 2.53. The molecule has 0 aliphatic carbocycles. The molecule has 140 valence electrons. The second kappa shape index (κ2) is 11.1. The molecule has 1 aliphatic rings. The lowest BCUT2D eigenvalue weighted by Crippen LogP contribution is -2.34. The van der Waals surface area contributed by atoms with Crippen LogP contribution < -0.4 is 4.74 Å². The number of halogens is 1.